The number of thioether (sulfide) groups is 1. The highest BCUT2D eigenvalue weighted by molar-refractivity contribution is 7.98. The van der Waals surface area contributed by atoms with Crippen LogP contribution in [0.25, 0.3) is 6.08 Å². The molecule has 0 aromatic heterocycles. The molecule has 1 aromatic rings. The van der Waals surface area contributed by atoms with Crippen LogP contribution in [0.3, 0.4) is 0 Å². The van der Waals surface area contributed by atoms with E-state index in [0.29, 0.717) is 13.0 Å². The third-order valence-corrected chi connectivity index (χ3v) is 3.74. The minimum atomic E-state index is -0.888. The number of esters is 1. The van der Waals surface area contributed by atoms with Gasteiger partial charge in [-0.1, -0.05) is 36.9 Å². The van der Waals surface area contributed by atoms with Crippen LogP contribution in [0.15, 0.2) is 30.8 Å². The quantitative estimate of drug-likeness (QED) is 0.530. The van der Waals surface area contributed by atoms with Crippen molar-refractivity contribution in [2.24, 2.45) is 0 Å². The lowest BCUT2D eigenvalue weighted by molar-refractivity contribution is -0.143. The molecule has 0 fully saturated rings. The molecule has 114 valence electrons. The first-order chi connectivity index (χ1) is 10.1. The average molecular weight is 308 g/mol. The fourth-order valence-electron chi connectivity index (χ4n) is 1.61. The van der Waals surface area contributed by atoms with Gasteiger partial charge in [0.15, 0.2) is 0 Å². The zero-order valence-corrected chi connectivity index (χ0v) is 12.7. The standard InChI is InChI=1S/C16H20O4S/c1-2-13-6-8-14(9-7-13)12-21-11-10-20-16(19)5-3-4-15(17)18/h2,6-9H,1,3-5,10-12H2,(H,17,18). The van der Waals surface area contributed by atoms with Gasteiger partial charge in [-0.2, -0.15) is 11.8 Å². The summed E-state index contributed by atoms with van der Waals surface area (Å²) >= 11 is 1.69. The lowest BCUT2D eigenvalue weighted by Gasteiger charge is -2.05. The molecule has 5 heteroatoms. The highest BCUT2D eigenvalue weighted by Gasteiger charge is 2.04. The lowest BCUT2D eigenvalue weighted by atomic mass is 10.1. The number of hydrogen-bond donors (Lipinski definition) is 1. The highest BCUT2D eigenvalue weighted by Crippen LogP contribution is 2.13. The Kier molecular flexibility index (Phi) is 8.28. The summed E-state index contributed by atoms with van der Waals surface area (Å²) in [5.41, 5.74) is 2.32. The number of carboxylic acid groups (broad SMARTS) is 1. The first kappa shape index (κ1) is 17.3. The van der Waals surface area contributed by atoms with Crippen LogP contribution in [0, 0.1) is 0 Å². The molecule has 0 aliphatic heterocycles. The Morgan fingerprint density at radius 1 is 1.24 bits per heavy atom. The van der Waals surface area contributed by atoms with E-state index in [0.717, 1.165) is 17.1 Å². The van der Waals surface area contributed by atoms with Gasteiger partial charge in [0.05, 0.1) is 0 Å². The van der Waals surface area contributed by atoms with E-state index in [-0.39, 0.29) is 18.8 Å². The number of rotatable bonds is 10. The Balaban J connectivity index is 2.06. The maximum absolute atomic E-state index is 11.3. The molecule has 1 aromatic carbocycles. The van der Waals surface area contributed by atoms with E-state index in [1.807, 2.05) is 12.1 Å². The zero-order valence-electron chi connectivity index (χ0n) is 11.9. The predicted octanol–water partition coefficient (Wildman–Crippen LogP) is 3.36. The monoisotopic (exact) mass is 308 g/mol. The first-order valence-corrected chi connectivity index (χ1v) is 7.94. The molecule has 0 aliphatic carbocycles. The van der Waals surface area contributed by atoms with Gasteiger partial charge in [-0.3, -0.25) is 9.59 Å². The summed E-state index contributed by atoms with van der Waals surface area (Å²) in [6.07, 6.45) is 2.31. The molecule has 0 saturated heterocycles. The molecule has 0 bridgehead atoms. The van der Waals surface area contributed by atoms with Crippen molar-refractivity contribution in [2.45, 2.75) is 25.0 Å². The van der Waals surface area contributed by atoms with Gasteiger partial charge < -0.3 is 9.84 Å². The smallest absolute Gasteiger partial charge is 0.305 e. The Labute approximate surface area is 129 Å². The molecule has 1 rings (SSSR count). The molecule has 0 spiro atoms. The SMILES string of the molecule is C=Cc1ccc(CSCCOC(=O)CCCC(=O)O)cc1. The van der Waals surface area contributed by atoms with Crippen LogP contribution < -0.4 is 0 Å². The Bertz CT molecular complexity index is 468. The number of aliphatic carboxylic acids is 1. The third kappa shape index (κ3) is 8.19. The molecule has 21 heavy (non-hydrogen) atoms. The second kappa shape index (κ2) is 10.0. The van der Waals surface area contributed by atoms with Crippen molar-refractivity contribution in [3.63, 3.8) is 0 Å². The van der Waals surface area contributed by atoms with Crippen molar-refractivity contribution < 1.29 is 19.4 Å². The predicted molar refractivity (Wildman–Crippen MR) is 85.1 cm³/mol. The lowest BCUT2D eigenvalue weighted by Crippen LogP contribution is -2.08. The van der Waals surface area contributed by atoms with Crippen molar-refractivity contribution in [2.75, 3.05) is 12.4 Å². The van der Waals surface area contributed by atoms with Crippen molar-refractivity contribution in [1.82, 2.24) is 0 Å². The second-order valence-corrected chi connectivity index (χ2v) is 5.57. The van der Waals surface area contributed by atoms with E-state index in [4.69, 9.17) is 9.84 Å². The van der Waals surface area contributed by atoms with Crippen LogP contribution >= 0.6 is 11.8 Å². The molecule has 0 radical (unpaired) electrons. The maximum atomic E-state index is 11.3. The highest BCUT2D eigenvalue weighted by atomic mass is 32.2. The molecule has 0 heterocycles. The number of ether oxygens (including phenoxy) is 1. The van der Waals surface area contributed by atoms with E-state index in [1.54, 1.807) is 17.8 Å². The van der Waals surface area contributed by atoms with E-state index in [2.05, 4.69) is 18.7 Å². The third-order valence-electron chi connectivity index (χ3n) is 2.75. The molecule has 4 nitrogen and oxygen atoms in total. The van der Waals surface area contributed by atoms with E-state index < -0.39 is 5.97 Å². The van der Waals surface area contributed by atoms with Crippen molar-refractivity contribution in [3.05, 3.63) is 42.0 Å². The molecule has 0 aliphatic rings. The molecule has 0 atom stereocenters. The fraction of sp³-hybridized carbons (Fsp3) is 0.375. The Morgan fingerprint density at radius 2 is 1.95 bits per heavy atom. The van der Waals surface area contributed by atoms with Crippen LogP contribution in [-0.4, -0.2) is 29.4 Å². The van der Waals surface area contributed by atoms with Gasteiger partial charge in [0.2, 0.25) is 0 Å². The average Bonchev–Trinajstić information content (AvgIpc) is 2.47. The summed E-state index contributed by atoms with van der Waals surface area (Å²) in [5.74, 6) is 0.384. The Morgan fingerprint density at radius 3 is 2.57 bits per heavy atom. The van der Waals surface area contributed by atoms with E-state index in [1.165, 1.54) is 5.56 Å². The van der Waals surface area contributed by atoms with Gasteiger partial charge in [0.25, 0.3) is 0 Å². The van der Waals surface area contributed by atoms with E-state index in [9.17, 15) is 9.59 Å². The van der Waals surface area contributed by atoms with Gasteiger partial charge in [0.1, 0.15) is 6.61 Å². The van der Waals surface area contributed by atoms with Gasteiger partial charge in [-0.05, 0) is 17.5 Å². The molecule has 0 amide bonds. The van der Waals surface area contributed by atoms with Crippen LogP contribution in [0.1, 0.15) is 30.4 Å². The van der Waals surface area contributed by atoms with Crippen molar-refractivity contribution in [1.29, 1.82) is 0 Å². The van der Waals surface area contributed by atoms with Crippen molar-refractivity contribution in [3.8, 4) is 0 Å². The van der Waals surface area contributed by atoms with Crippen molar-refractivity contribution >= 4 is 29.8 Å². The number of carbonyl (C=O) groups is 2. The van der Waals surface area contributed by atoms with E-state index >= 15 is 0 Å². The summed E-state index contributed by atoms with van der Waals surface area (Å²) in [6, 6.07) is 8.15. The summed E-state index contributed by atoms with van der Waals surface area (Å²) < 4.78 is 5.03. The fourth-order valence-corrected chi connectivity index (χ4v) is 2.38. The summed E-state index contributed by atoms with van der Waals surface area (Å²) in [5, 5.41) is 8.45. The zero-order chi connectivity index (χ0) is 15.5. The summed E-state index contributed by atoms with van der Waals surface area (Å²) in [6.45, 7) is 4.07. The number of hydrogen-bond acceptors (Lipinski definition) is 4. The number of benzene rings is 1. The van der Waals surface area contributed by atoms with Gasteiger partial charge in [-0.15, -0.1) is 0 Å². The maximum Gasteiger partial charge on any atom is 0.305 e. The minimum absolute atomic E-state index is 0.00452. The van der Waals surface area contributed by atoms with Gasteiger partial charge >= 0.3 is 11.9 Å². The number of carboxylic acids is 1. The number of carbonyl (C=O) groups excluding carboxylic acids is 1. The van der Waals surface area contributed by atoms with Crippen LogP contribution in [0.2, 0.25) is 0 Å². The van der Waals surface area contributed by atoms with Crippen LogP contribution in [-0.2, 0) is 20.1 Å². The summed E-state index contributed by atoms with van der Waals surface area (Å²) in [4.78, 5) is 21.6. The van der Waals surface area contributed by atoms with Crippen LogP contribution in [0.4, 0.5) is 0 Å². The normalized spacial score (nSPS) is 10.1. The molecule has 0 saturated carbocycles. The van der Waals surface area contributed by atoms with Crippen LogP contribution in [0.5, 0.6) is 0 Å². The largest absolute Gasteiger partial charge is 0.481 e. The second-order valence-electron chi connectivity index (χ2n) is 4.47. The first-order valence-electron chi connectivity index (χ1n) is 6.78. The molecule has 1 N–H and O–H groups in total. The summed E-state index contributed by atoms with van der Waals surface area (Å²) in [7, 11) is 0. The Hall–Kier alpha value is -1.75. The topological polar surface area (TPSA) is 63.6 Å². The van der Waals surface area contributed by atoms with Gasteiger partial charge in [0, 0.05) is 24.3 Å². The van der Waals surface area contributed by atoms with Gasteiger partial charge in [-0.25, -0.2) is 0 Å². The molecular weight excluding hydrogens is 288 g/mol. The molecular formula is C16H20O4S. The minimum Gasteiger partial charge on any atom is -0.481 e. The molecule has 0 unspecified atom stereocenters.